The molecule has 0 aliphatic heterocycles. The first-order valence-corrected chi connectivity index (χ1v) is 7.73. The van der Waals surface area contributed by atoms with Gasteiger partial charge >= 0.3 is 0 Å². The van der Waals surface area contributed by atoms with Gasteiger partial charge in [-0.05, 0) is 62.8 Å². The summed E-state index contributed by atoms with van der Waals surface area (Å²) in [5, 5.41) is 2.96. The first kappa shape index (κ1) is 15.8. The van der Waals surface area contributed by atoms with Gasteiger partial charge in [0.25, 0.3) is 5.91 Å². The van der Waals surface area contributed by atoms with E-state index in [4.69, 9.17) is 10.5 Å². The van der Waals surface area contributed by atoms with Gasteiger partial charge in [-0.3, -0.25) is 4.79 Å². The van der Waals surface area contributed by atoms with Gasteiger partial charge in [0.05, 0.1) is 0 Å². The molecule has 0 saturated heterocycles. The van der Waals surface area contributed by atoms with Gasteiger partial charge in [-0.25, -0.2) is 0 Å². The Hall–Kier alpha value is -1.55. The summed E-state index contributed by atoms with van der Waals surface area (Å²) >= 11 is 0. The van der Waals surface area contributed by atoms with E-state index in [0.29, 0.717) is 0 Å². The van der Waals surface area contributed by atoms with Crippen molar-refractivity contribution in [3.8, 4) is 5.75 Å². The summed E-state index contributed by atoms with van der Waals surface area (Å²) in [4.78, 5) is 11.9. The largest absolute Gasteiger partial charge is 0.484 e. The summed E-state index contributed by atoms with van der Waals surface area (Å²) in [6.07, 6.45) is 4.08. The second-order valence-corrected chi connectivity index (χ2v) is 6.43. The van der Waals surface area contributed by atoms with E-state index in [1.807, 2.05) is 39.0 Å². The van der Waals surface area contributed by atoms with Gasteiger partial charge in [0.2, 0.25) is 0 Å². The molecule has 4 nitrogen and oxygen atoms in total. The van der Waals surface area contributed by atoms with Crippen molar-refractivity contribution in [2.24, 2.45) is 5.73 Å². The van der Waals surface area contributed by atoms with Gasteiger partial charge in [0, 0.05) is 11.6 Å². The number of aryl methyl sites for hydroxylation is 1. The van der Waals surface area contributed by atoms with Crippen LogP contribution in [0.25, 0.3) is 0 Å². The van der Waals surface area contributed by atoms with Gasteiger partial charge in [-0.15, -0.1) is 0 Å². The zero-order valence-electron chi connectivity index (χ0n) is 13.2. The van der Waals surface area contributed by atoms with Gasteiger partial charge in [-0.1, -0.05) is 13.0 Å². The van der Waals surface area contributed by atoms with Crippen LogP contribution in [0.1, 0.15) is 57.2 Å². The SMILES string of the molecule is CCC(C)(C)NC(=O)COc1ccc2c(c1)CCCC2N. The zero-order valence-corrected chi connectivity index (χ0v) is 13.2. The summed E-state index contributed by atoms with van der Waals surface area (Å²) in [6.45, 7) is 6.11. The Balaban J connectivity index is 1.94. The molecule has 4 heteroatoms. The third-order valence-electron chi connectivity index (χ3n) is 4.21. The van der Waals surface area contributed by atoms with Crippen molar-refractivity contribution < 1.29 is 9.53 Å². The maximum absolute atomic E-state index is 11.9. The fourth-order valence-electron chi connectivity index (χ4n) is 2.57. The van der Waals surface area contributed by atoms with E-state index >= 15 is 0 Å². The average molecular weight is 290 g/mol. The fourth-order valence-corrected chi connectivity index (χ4v) is 2.57. The molecule has 2 rings (SSSR count). The van der Waals surface area contributed by atoms with E-state index in [1.165, 1.54) is 11.1 Å². The van der Waals surface area contributed by atoms with Crippen molar-refractivity contribution in [1.82, 2.24) is 5.32 Å². The van der Waals surface area contributed by atoms with Crippen LogP contribution >= 0.6 is 0 Å². The number of amides is 1. The van der Waals surface area contributed by atoms with Crippen molar-refractivity contribution in [2.75, 3.05) is 6.61 Å². The van der Waals surface area contributed by atoms with Crippen molar-refractivity contribution in [1.29, 1.82) is 0 Å². The third kappa shape index (κ3) is 4.21. The molecule has 0 fully saturated rings. The number of nitrogens with two attached hydrogens (primary N) is 1. The second-order valence-electron chi connectivity index (χ2n) is 6.43. The van der Waals surface area contributed by atoms with Crippen LogP contribution in [0.15, 0.2) is 18.2 Å². The molecule has 116 valence electrons. The monoisotopic (exact) mass is 290 g/mol. The van der Waals surface area contributed by atoms with Crippen molar-refractivity contribution in [3.63, 3.8) is 0 Å². The van der Waals surface area contributed by atoms with E-state index in [-0.39, 0.29) is 24.1 Å². The topological polar surface area (TPSA) is 64.3 Å². The molecule has 0 heterocycles. The van der Waals surface area contributed by atoms with E-state index in [0.717, 1.165) is 31.4 Å². The number of nitrogens with one attached hydrogen (secondary N) is 1. The van der Waals surface area contributed by atoms with Gasteiger partial charge in [0.15, 0.2) is 6.61 Å². The Labute approximate surface area is 127 Å². The molecule has 1 atom stereocenters. The lowest BCUT2D eigenvalue weighted by Crippen LogP contribution is -2.44. The average Bonchev–Trinajstić information content (AvgIpc) is 2.45. The quantitative estimate of drug-likeness (QED) is 0.876. The number of rotatable bonds is 5. The molecule has 1 aliphatic carbocycles. The highest BCUT2D eigenvalue weighted by atomic mass is 16.5. The van der Waals surface area contributed by atoms with E-state index in [2.05, 4.69) is 5.32 Å². The number of ether oxygens (including phenoxy) is 1. The Morgan fingerprint density at radius 3 is 2.95 bits per heavy atom. The lowest BCUT2D eigenvalue weighted by Gasteiger charge is -2.25. The normalized spacial score (nSPS) is 18.0. The van der Waals surface area contributed by atoms with E-state index in [9.17, 15) is 4.79 Å². The van der Waals surface area contributed by atoms with Gasteiger partial charge in [-0.2, -0.15) is 0 Å². The molecule has 21 heavy (non-hydrogen) atoms. The maximum atomic E-state index is 11.9. The number of benzene rings is 1. The van der Waals surface area contributed by atoms with Crippen LogP contribution < -0.4 is 15.8 Å². The highest BCUT2D eigenvalue weighted by molar-refractivity contribution is 5.78. The number of fused-ring (bicyclic) bond motifs is 1. The molecule has 1 aliphatic rings. The molecule has 1 aromatic carbocycles. The van der Waals surface area contributed by atoms with Gasteiger partial charge in [0.1, 0.15) is 5.75 Å². The number of carbonyl (C=O) groups excluding carboxylic acids is 1. The van der Waals surface area contributed by atoms with Crippen molar-refractivity contribution in [2.45, 2.75) is 58.0 Å². The van der Waals surface area contributed by atoms with E-state index < -0.39 is 0 Å². The lowest BCUT2D eigenvalue weighted by atomic mass is 9.88. The second kappa shape index (κ2) is 6.48. The third-order valence-corrected chi connectivity index (χ3v) is 4.21. The molecule has 0 saturated carbocycles. The predicted octanol–water partition coefficient (Wildman–Crippen LogP) is 2.71. The first-order valence-electron chi connectivity index (χ1n) is 7.73. The molecule has 1 amide bonds. The summed E-state index contributed by atoms with van der Waals surface area (Å²) in [5.74, 6) is 0.656. The van der Waals surface area contributed by atoms with Crippen LogP contribution in [0.3, 0.4) is 0 Å². The van der Waals surface area contributed by atoms with Crippen LogP contribution in [0.5, 0.6) is 5.75 Å². The molecule has 0 spiro atoms. The molecular formula is C17H26N2O2. The van der Waals surface area contributed by atoms with Crippen LogP contribution in [-0.4, -0.2) is 18.1 Å². The first-order chi connectivity index (χ1) is 9.91. The molecule has 1 unspecified atom stereocenters. The molecule has 3 N–H and O–H groups in total. The van der Waals surface area contributed by atoms with Crippen LogP contribution in [-0.2, 0) is 11.2 Å². The Morgan fingerprint density at radius 1 is 1.48 bits per heavy atom. The molecule has 0 bridgehead atoms. The highest BCUT2D eigenvalue weighted by Gasteiger charge is 2.19. The molecule has 0 radical (unpaired) electrons. The maximum Gasteiger partial charge on any atom is 0.258 e. The van der Waals surface area contributed by atoms with Crippen molar-refractivity contribution in [3.05, 3.63) is 29.3 Å². The van der Waals surface area contributed by atoms with E-state index in [1.54, 1.807) is 0 Å². The fraction of sp³-hybridized carbons (Fsp3) is 0.588. The van der Waals surface area contributed by atoms with Gasteiger partial charge < -0.3 is 15.8 Å². The Morgan fingerprint density at radius 2 is 2.24 bits per heavy atom. The molecule has 0 aromatic heterocycles. The van der Waals surface area contributed by atoms with Crippen LogP contribution in [0, 0.1) is 0 Å². The minimum Gasteiger partial charge on any atom is -0.484 e. The molecule has 1 aromatic rings. The minimum absolute atomic E-state index is 0.0499. The van der Waals surface area contributed by atoms with Crippen LogP contribution in [0.2, 0.25) is 0 Å². The summed E-state index contributed by atoms with van der Waals surface area (Å²) in [5.41, 5.74) is 8.37. The zero-order chi connectivity index (χ0) is 15.5. The smallest absolute Gasteiger partial charge is 0.258 e. The summed E-state index contributed by atoms with van der Waals surface area (Å²) in [6, 6.07) is 6.09. The Bertz CT molecular complexity index is 512. The lowest BCUT2D eigenvalue weighted by molar-refractivity contribution is -0.124. The number of hydrogen-bond acceptors (Lipinski definition) is 3. The predicted molar refractivity (Wildman–Crippen MR) is 84.3 cm³/mol. The Kier molecular flexibility index (Phi) is 4.88. The summed E-state index contributed by atoms with van der Waals surface area (Å²) in [7, 11) is 0. The molecular weight excluding hydrogens is 264 g/mol. The number of carbonyl (C=O) groups is 1. The van der Waals surface area contributed by atoms with Crippen LogP contribution in [0.4, 0.5) is 0 Å². The van der Waals surface area contributed by atoms with Crippen molar-refractivity contribution >= 4 is 5.91 Å². The highest BCUT2D eigenvalue weighted by Crippen LogP contribution is 2.30. The number of hydrogen-bond donors (Lipinski definition) is 2. The standard InChI is InChI=1S/C17H26N2O2/c1-4-17(2,3)19-16(20)11-21-13-8-9-14-12(10-13)6-5-7-15(14)18/h8-10,15H,4-7,11,18H2,1-3H3,(H,19,20). The minimum atomic E-state index is -0.191. The summed E-state index contributed by atoms with van der Waals surface area (Å²) < 4.78 is 5.61.